The molecule has 0 aromatic heterocycles. The van der Waals surface area contributed by atoms with Gasteiger partial charge in [-0.15, -0.1) is 0 Å². The Morgan fingerprint density at radius 3 is 2.65 bits per heavy atom. The number of hydrogen-bond donors (Lipinski definition) is 1. The molecule has 5 heteroatoms. The summed E-state index contributed by atoms with van der Waals surface area (Å²) in [6.07, 6.45) is 2.31. The van der Waals surface area contributed by atoms with Crippen molar-refractivity contribution in [3.8, 4) is 0 Å². The predicted molar refractivity (Wildman–Crippen MR) is 68.1 cm³/mol. The van der Waals surface area contributed by atoms with Crippen LogP contribution in [0.2, 0.25) is 0 Å². The maximum atomic E-state index is 12.0. The van der Waals surface area contributed by atoms with Crippen LogP contribution in [0.15, 0.2) is 0 Å². The Morgan fingerprint density at radius 1 is 1.29 bits per heavy atom. The first kappa shape index (κ1) is 12.6. The molecule has 5 nitrogen and oxygen atoms in total. The lowest BCUT2D eigenvalue weighted by atomic mass is 10.2. The average Bonchev–Trinajstić information content (AvgIpc) is 2.77. The number of nitrogens with zero attached hydrogens (tertiary/aromatic N) is 3. The van der Waals surface area contributed by atoms with Crippen LogP contribution in [0.25, 0.3) is 0 Å². The fraction of sp³-hybridized carbons (Fsp3) is 0.917. The molecule has 2 rings (SSSR count). The fourth-order valence-electron chi connectivity index (χ4n) is 2.73. The van der Waals surface area contributed by atoms with Gasteiger partial charge in [0, 0.05) is 59.4 Å². The van der Waals surface area contributed by atoms with E-state index in [9.17, 15) is 4.79 Å². The molecular formula is C12H24N4O. The Labute approximate surface area is 104 Å². The van der Waals surface area contributed by atoms with Crippen molar-refractivity contribution in [1.29, 1.82) is 0 Å². The Morgan fingerprint density at radius 2 is 2.00 bits per heavy atom. The van der Waals surface area contributed by atoms with E-state index in [0.717, 1.165) is 52.1 Å². The highest BCUT2D eigenvalue weighted by Gasteiger charge is 2.31. The second-order valence-electron chi connectivity index (χ2n) is 5.22. The predicted octanol–water partition coefficient (Wildman–Crippen LogP) is 0.0376. The second kappa shape index (κ2) is 5.69. The molecule has 2 aliphatic heterocycles. The van der Waals surface area contributed by atoms with Crippen molar-refractivity contribution in [3.63, 3.8) is 0 Å². The van der Waals surface area contributed by atoms with Crippen LogP contribution in [0.1, 0.15) is 12.8 Å². The highest BCUT2D eigenvalue weighted by atomic mass is 16.2. The van der Waals surface area contributed by atoms with Crippen molar-refractivity contribution in [1.82, 2.24) is 20.0 Å². The zero-order chi connectivity index (χ0) is 12.3. The molecular weight excluding hydrogens is 216 g/mol. The summed E-state index contributed by atoms with van der Waals surface area (Å²) in [7, 11) is 3.67. The maximum absolute atomic E-state index is 12.0. The van der Waals surface area contributed by atoms with Gasteiger partial charge in [-0.1, -0.05) is 0 Å². The van der Waals surface area contributed by atoms with Crippen molar-refractivity contribution in [2.75, 3.05) is 53.4 Å². The monoisotopic (exact) mass is 240 g/mol. The highest BCUT2D eigenvalue weighted by Crippen LogP contribution is 2.19. The number of piperazine rings is 1. The molecule has 0 aliphatic carbocycles. The van der Waals surface area contributed by atoms with Crippen LogP contribution in [-0.2, 0) is 0 Å². The van der Waals surface area contributed by atoms with Gasteiger partial charge in [0.1, 0.15) is 0 Å². The zero-order valence-corrected chi connectivity index (χ0v) is 11.0. The molecule has 2 amide bonds. The van der Waals surface area contributed by atoms with Gasteiger partial charge in [0.05, 0.1) is 0 Å². The quantitative estimate of drug-likeness (QED) is 0.740. The number of rotatable bonds is 2. The Bertz CT molecular complexity index is 263. The lowest BCUT2D eigenvalue weighted by Gasteiger charge is -2.34. The third-order valence-electron chi connectivity index (χ3n) is 3.68. The van der Waals surface area contributed by atoms with Crippen LogP contribution in [0, 0.1) is 0 Å². The SMILES string of the molecule is CN(C)C(=O)N1CCCC1CN1CCNCC1. The number of hydrogen-bond acceptors (Lipinski definition) is 3. The van der Waals surface area contributed by atoms with Gasteiger partial charge in [-0.25, -0.2) is 4.79 Å². The fourth-order valence-corrected chi connectivity index (χ4v) is 2.73. The summed E-state index contributed by atoms with van der Waals surface area (Å²) in [6, 6.07) is 0.589. The van der Waals surface area contributed by atoms with Gasteiger partial charge in [-0.2, -0.15) is 0 Å². The van der Waals surface area contributed by atoms with E-state index in [0.29, 0.717) is 6.04 Å². The number of nitrogens with one attached hydrogen (secondary N) is 1. The molecule has 98 valence electrons. The van der Waals surface area contributed by atoms with Gasteiger partial charge in [0.15, 0.2) is 0 Å². The summed E-state index contributed by atoms with van der Waals surface area (Å²) >= 11 is 0. The van der Waals surface area contributed by atoms with Crippen LogP contribution < -0.4 is 5.32 Å². The van der Waals surface area contributed by atoms with Crippen LogP contribution in [-0.4, -0.2) is 80.1 Å². The van der Waals surface area contributed by atoms with E-state index < -0.39 is 0 Å². The first-order valence-corrected chi connectivity index (χ1v) is 6.59. The van der Waals surface area contributed by atoms with Crippen LogP contribution in [0.4, 0.5) is 4.79 Å². The standard InChI is InChI=1S/C12H24N4O/c1-14(2)12(17)16-7-3-4-11(16)10-15-8-5-13-6-9-15/h11,13H,3-10H2,1-2H3. The molecule has 17 heavy (non-hydrogen) atoms. The van der Waals surface area contributed by atoms with Gasteiger partial charge in [-0.3, -0.25) is 4.90 Å². The summed E-state index contributed by atoms with van der Waals surface area (Å²) in [6.45, 7) is 6.35. The van der Waals surface area contributed by atoms with Crippen molar-refractivity contribution in [3.05, 3.63) is 0 Å². The summed E-state index contributed by atoms with van der Waals surface area (Å²) < 4.78 is 0. The van der Waals surface area contributed by atoms with Crippen molar-refractivity contribution < 1.29 is 4.79 Å². The topological polar surface area (TPSA) is 38.8 Å². The second-order valence-corrected chi connectivity index (χ2v) is 5.22. The largest absolute Gasteiger partial charge is 0.331 e. The van der Waals surface area contributed by atoms with E-state index in [1.54, 1.807) is 4.90 Å². The molecule has 0 bridgehead atoms. The van der Waals surface area contributed by atoms with Gasteiger partial charge >= 0.3 is 6.03 Å². The third-order valence-corrected chi connectivity index (χ3v) is 3.68. The molecule has 1 N–H and O–H groups in total. The summed E-state index contributed by atoms with van der Waals surface area (Å²) in [5.74, 6) is 0. The van der Waals surface area contributed by atoms with Crippen LogP contribution >= 0.6 is 0 Å². The molecule has 0 radical (unpaired) electrons. The van der Waals surface area contributed by atoms with Crippen LogP contribution in [0.3, 0.4) is 0 Å². The minimum atomic E-state index is 0.169. The molecule has 2 fully saturated rings. The Balaban J connectivity index is 1.88. The molecule has 2 aliphatic rings. The molecule has 0 saturated carbocycles. The number of carbonyl (C=O) groups excluding carboxylic acids is 1. The minimum Gasteiger partial charge on any atom is -0.331 e. The molecule has 0 aromatic rings. The molecule has 0 spiro atoms. The summed E-state index contributed by atoms with van der Waals surface area (Å²) in [5, 5.41) is 3.36. The smallest absolute Gasteiger partial charge is 0.319 e. The van der Waals surface area contributed by atoms with E-state index >= 15 is 0 Å². The van der Waals surface area contributed by atoms with Crippen LogP contribution in [0.5, 0.6) is 0 Å². The van der Waals surface area contributed by atoms with Crippen molar-refractivity contribution >= 4 is 6.03 Å². The Hall–Kier alpha value is -0.810. The first-order valence-electron chi connectivity index (χ1n) is 6.59. The van der Waals surface area contributed by atoms with E-state index in [1.807, 2.05) is 19.0 Å². The van der Waals surface area contributed by atoms with Gasteiger partial charge in [0.25, 0.3) is 0 Å². The van der Waals surface area contributed by atoms with Gasteiger partial charge in [0.2, 0.25) is 0 Å². The van der Waals surface area contributed by atoms with E-state index in [4.69, 9.17) is 0 Å². The summed E-state index contributed by atoms with van der Waals surface area (Å²) in [5.41, 5.74) is 0. The highest BCUT2D eigenvalue weighted by molar-refractivity contribution is 5.74. The lowest BCUT2D eigenvalue weighted by molar-refractivity contribution is 0.141. The average molecular weight is 240 g/mol. The summed E-state index contributed by atoms with van der Waals surface area (Å²) in [4.78, 5) is 18.2. The lowest BCUT2D eigenvalue weighted by Crippen LogP contribution is -2.51. The third kappa shape index (κ3) is 3.10. The maximum Gasteiger partial charge on any atom is 0.319 e. The van der Waals surface area contributed by atoms with Gasteiger partial charge in [-0.05, 0) is 12.8 Å². The van der Waals surface area contributed by atoms with Crippen molar-refractivity contribution in [2.45, 2.75) is 18.9 Å². The molecule has 1 atom stereocenters. The Kier molecular flexibility index (Phi) is 4.23. The van der Waals surface area contributed by atoms with E-state index in [2.05, 4.69) is 10.2 Å². The number of likely N-dealkylation sites (tertiary alicyclic amines) is 1. The van der Waals surface area contributed by atoms with E-state index in [-0.39, 0.29) is 6.03 Å². The molecule has 1 unspecified atom stereocenters. The number of urea groups is 1. The number of amides is 2. The van der Waals surface area contributed by atoms with E-state index in [1.165, 1.54) is 0 Å². The minimum absolute atomic E-state index is 0.169. The van der Waals surface area contributed by atoms with Crippen molar-refractivity contribution in [2.24, 2.45) is 0 Å². The first-order chi connectivity index (χ1) is 8.18. The zero-order valence-electron chi connectivity index (χ0n) is 11.0. The molecule has 0 aromatic carbocycles. The number of carbonyl (C=O) groups is 1. The normalized spacial score (nSPS) is 26.2. The molecule has 2 saturated heterocycles. The molecule has 2 heterocycles. The van der Waals surface area contributed by atoms with Gasteiger partial charge < -0.3 is 15.1 Å².